The lowest BCUT2D eigenvalue weighted by Gasteiger charge is -2.43. The monoisotopic (exact) mass is 669 g/mol. The van der Waals surface area contributed by atoms with Crippen molar-refractivity contribution in [3.63, 3.8) is 0 Å². The molecule has 2 aliphatic carbocycles. The number of nitrogens with zero attached hydrogens (tertiary/aromatic N) is 6. The standard InChI is InChI=1S/C35H55N7O6/c1-22(2)48-21-33(5,6)36-26(44)17-39(11)31(47)40(15-25-16-41(38-37-25)35(9,10)20-43)19-32(3,4)18-34(7,8)42-29(45)27-23-12-13-24(14-23)28(27)30(42)46/h12-13,16,20,22-24,27-28H,14-15,17-19,21H2,1-11H3,(H,36,44). The van der Waals surface area contributed by atoms with Gasteiger partial charge in [-0.05, 0) is 85.5 Å². The Balaban J connectivity index is 1.51. The van der Waals surface area contributed by atoms with E-state index in [1.807, 2.05) is 55.4 Å². The van der Waals surface area contributed by atoms with Gasteiger partial charge < -0.3 is 24.6 Å². The second kappa shape index (κ2) is 13.4. The number of likely N-dealkylation sites (tertiary alicyclic amines) is 1. The lowest BCUT2D eigenvalue weighted by molar-refractivity contribution is -0.148. The highest BCUT2D eigenvalue weighted by Crippen LogP contribution is 2.54. The minimum absolute atomic E-state index is 0.0101. The first-order chi connectivity index (χ1) is 22.1. The molecular weight excluding hydrogens is 614 g/mol. The van der Waals surface area contributed by atoms with Crippen molar-refractivity contribution in [2.24, 2.45) is 29.1 Å². The third-order valence-corrected chi connectivity index (χ3v) is 9.61. The Morgan fingerprint density at radius 1 is 1.04 bits per heavy atom. The number of imide groups is 1. The van der Waals surface area contributed by atoms with E-state index in [1.165, 1.54) is 14.5 Å². The Labute approximate surface area is 284 Å². The van der Waals surface area contributed by atoms with E-state index in [9.17, 15) is 24.0 Å². The van der Waals surface area contributed by atoms with E-state index in [-0.39, 0.29) is 67.1 Å². The molecule has 1 aliphatic heterocycles. The number of carbonyl (C=O) groups excluding carboxylic acids is 5. The summed E-state index contributed by atoms with van der Waals surface area (Å²) in [6, 6.07) is -0.401. The van der Waals surface area contributed by atoms with Crippen LogP contribution in [0.25, 0.3) is 0 Å². The quantitative estimate of drug-likeness (QED) is 0.170. The fourth-order valence-electron chi connectivity index (χ4n) is 7.77. The fraction of sp³-hybridized carbons (Fsp3) is 0.743. The van der Waals surface area contributed by atoms with Crippen molar-refractivity contribution < 1.29 is 28.7 Å². The van der Waals surface area contributed by atoms with Crippen LogP contribution in [-0.4, -0.2) is 104 Å². The van der Waals surface area contributed by atoms with Gasteiger partial charge in [0, 0.05) is 19.1 Å². The van der Waals surface area contributed by atoms with E-state index in [4.69, 9.17) is 4.74 Å². The number of urea groups is 1. The molecule has 2 heterocycles. The summed E-state index contributed by atoms with van der Waals surface area (Å²) in [6.07, 6.45) is 7.90. The summed E-state index contributed by atoms with van der Waals surface area (Å²) in [7, 11) is 1.57. The highest BCUT2D eigenvalue weighted by atomic mass is 16.5. The smallest absolute Gasteiger partial charge is 0.320 e. The van der Waals surface area contributed by atoms with Gasteiger partial charge in [-0.3, -0.25) is 19.3 Å². The summed E-state index contributed by atoms with van der Waals surface area (Å²) in [5.41, 5.74) is -2.47. The zero-order valence-electron chi connectivity index (χ0n) is 30.6. The predicted molar refractivity (Wildman–Crippen MR) is 179 cm³/mol. The molecule has 4 atom stereocenters. The van der Waals surface area contributed by atoms with Gasteiger partial charge in [-0.2, -0.15) is 0 Å². The lowest BCUT2D eigenvalue weighted by Crippen LogP contribution is -2.54. The number of likely N-dealkylation sites (N-methyl/N-ethyl adjacent to an activating group) is 1. The van der Waals surface area contributed by atoms with E-state index in [2.05, 4.69) is 27.8 Å². The van der Waals surface area contributed by atoms with Crippen LogP contribution < -0.4 is 5.32 Å². The summed E-state index contributed by atoms with van der Waals surface area (Å²) < 4.78 is 7.14. The zero-order valence-corrected chi connectivity index (χ0v) is 30.6. The molecule has 0 aromatic carbocycles. The molecule has 5 amide bonds. The minimum atomic E-state index is -0.924. The summed E-state index contributed by atoms with van der Waals surface area (Å²) in [6.45, 7) is 19.3. The van der Waals surface area contributed by atoms with Crippen molar-refractivity contribution >= 4 is 30.0 Å². The van der Waals surface area contributed by atoms with E-state index < -0.39 is 28.1 Å². The van der Waals surface area contributed by atoms with Gasteiger partial charge in [0.2, 0.25) is 17.7 Å². The van der Waals surface area contributed by atoms with Gasteiger partial charge in [0.25, 0.3) is 0 Å². The van der Waals surface area contributed by atoms with Crippen LogP contribution in [-0.2, 0) is 36.0 Å². The Bertz CT molecular complexity index is 1410. The van der Waals surface area contributed by atoms with Gasteiger partial charge >= 0.3 is 6.03 Å². The average Bonchev–Trinajstić information content (AvgIpc) is 3.74. The number of hydrogen-bond donors (Lipinski definition) is 1. The molecule has 266 valence electrons. The van der Waals surface area contributed by atoms with Crippen molar-refractivity contribution in [3.05, 3.63) is 24.0 Å². The van der Waals surface area contributed by atoms with Crippen LogP contribution >= 0.6 is 0 Å². The molecule has 4 rings (SSSR count). The van der Waals surface area contributed by atoms with Gasteiger partial charge in [0.1, 0.15) is 24.1 Å². The molecule has 1 saturated carbocycles. The van der Waals surface area contributed by atoms with Gasteiger partial charge in [0.15, 0.2) is 0 Å². The third-order valence-electron chi connectivity index (χ3n) is 9.61. The highest BCUT2D eigenvalue weighted by Gasteiger charge is 2.62. The number of ether oxygens (including phenoxy) is 1. The second-order valence-corrected chi connectivity index (χ2v) is 16.9. The van der Waals surface area contributed by atoms with Crippen molar-refractivity contribution in [3.8, 4) is 0 Å². The van der Waals surface area contributed by atoms with Crippen LogP contribution in [0.4, 0.5) is 4.79 Å². The van der Waals surface area contributed by atoms with Crippen molar-refractivity contribution in [1.82, 2.24) is 35.0 Å². The maximum absolute atomic E-state index is 14.0. The number of carbonyl (C=O) groups is 5. The maximum Gasteiger partial charge on any atom is 0.320 e. The number of aromatic nitrogens is 3. The van der Waals surface area contributed by atoms with Crippen LogP contribution in [0.1, 0.15) is 87.8 Å². The predicted octanol–water partition coefficient (Wildman–Crippen LogP) is 3.39. The topological polar surface area (TPSA) is 147 Å². The number of rotatable bonds is 15. The molecule has 0 spiro atoms. The molecule has 3 aliphatic rings. The van der Waals surface area contributed by atoms with Gasteiger partial charge in [-0.1, -0.05) is 31.2 Å². The molecule has 1 aromatic rings. The fourth-order valence-corrected chi connectivity index (χ4v) is 7.77. The highest BCUT2D eigenvalue weighted by molar-refractivity contribution is 6.07. The van der Waals surface area contributed by atoms with Crippen molar-refractivity contribution in [2.75, 3.05) is 26.7 Å². The molecule has 1 N–H and O–H groups in total. The zero-order chi connectivity index (χ0) is 36.0. The van der Waals surface area contributed by atoms with Crippen LogP contribution in [0.3, 0.4) is 0 Å². The summed E-state index contributed by atoms with van der Waals surface area (Å²) in [4.78, 5) is 70.5. The summed E-state index contributed by atoms with van der Waals surface area (Å²) >= 11 is 0. The molecule has 0 radical (unpaired) electrons. The SMILES string of the molecule is CC(C)OCC(C)(C)NC(=O)CN(C)C(=O)N(Cc1cn(C(C)(C)C=O)nn1)CC(C)(C)CC(C)(C)N1C(=O)C2C3C=CC(C3)C2C1=O. The van der Waals surface area contributed by atoms with Crippen molar-refractivity contribution in [1.29, 1.82) is 0 Å². The molecule has 48 heavy (non-hydrogen) atoms. The molecule has 2 fully saturated rings. The minimum Gasteiger partial charge on any atom is -0.376 e. The number of allylic oxidation sites excluding steroid dienone is 2. The van der Waals surface area contributed by atoms with Gasteiger partial charge in [-0.15, -0.1) is 5.10 Å². The maximum atomic E-state index is 14.0. The third kappa shape index (κ3) is 7.98. The largest absolute Gasteiger partial charge is 0.376 e. The number of hydrogen-bond acceptors (Lipinski definition) is 8. The normalized spacial score (nSPS) is 22.5. The van der Waals surface area contributed by atoms with Crippen LogP contribution in [0.2, 0.25) is 0 Å². The van der Waals surface area contributed by atoms with E-state index >= 15 is 0 Å². The first-order valence-corrected chi connectivity index (χ1v) is 16.9. The Kier molecular flexibility index (Phi) is 10.4. The second-order valence-electron chi connectivity index (χ2n) is 16.9. The number of fused-ring (bicyclic) bond motifs is 5. The lowest BCUT2D eigenvalue weighted by atomic mass is 9.78. The van der Waals surface area contributed by atoms with Crippen LogP contribution in [0, 0.1) is 29.1 Å². The number of aldehydes is 1. The van der Waals surface area contributed by atoms with E-state index in [0.717, 1.165) is 12.7 Å². The Morgan fingerprint density at radius 2 is 1.62 bits per heavy atom. The molecular formula is C35H55N7O6. The molecule has 13 nitrogen and oxygen atoms in total. The molecule has 13 heteroatoms. The summed E-state index contributed by atoms with van der Waals surface area (Å²) in [5, 5.41) is 11.3. The Morgan fingerprint density at radius 3 is 2.17 bits per heavy atom. The van der Waals surface area contributed by atoms with E-state index in [1.54, 1.807) is 32.0 Å². The molecule has 2 bridgehead atoms. The first kappa shape index (κ1) is 37.2. The number of amides is 5. The summed E-state index contributed by atoms with van der Waals surface area (Å²) in [5.74, 6) is -0.855. The van der Waals surface area contributed by atoms with E-state index in [0.29, 0.717) is 18.7 Å². The van der Waals surface area contributed by atoms with Gasteiger partial charge in [0.05, 0.1) is 42.8 Å². The van der Waals surface area contributed by atoms with Crippen molar-refractivity contribution in [2.45, 2.75) is 111 Å². The molecule has 1 saturated heterocycles. The average molecular weight is 670 g/mol. The Hall–Kier alpha value is -3.61. The van der Waals surface area contributed by atoms with Gasteiger partial charge in [-0.25, -0.2) is 9.48 Å². The molecule has 4 unspecified atom stereocenters. The first-order valence-electron chi connectivity index (χ1n) is 16.9. The van der Waals surface area contributed by atoms with Crippen LogP contribution in [0.5, 0.6) is 0 Å². The molecule has 1 aromatic heterocycles. The van der Waals surface area contributed by atoms with Crippen LogP contribution in [0.15, 0.2) is 18.3 Å². The number of nitrogens with one attached hydrogen (secondary N) is 1.